The zero-order valence-electron chi connectivity index (χ0n) is 11.3. The maximum atomic E-state index is 11.7. The number of amides is 2. The van der Waals surface area contributed by atoms with Gasteiger partial charge in [0.15, 0.2) is 0 Å². The van der Waals surface area contributed by atoms with Crippen molar-refractivity contribution < 1.29 is 4.79 Å². The van der Waals surface area contributed by atoms with E-state index in [0.29, 0.717) is 19.6 Å². The SMILES string of the molecule is O=C1NCCN1c1cccc(NCc2cncc(Br)c2)c1. The summed E-state index contributed by atoms with van der Waals surface area (Å²) in [6, 6.07) is 9.85. The average molecular weight is 347 g/mol. The fourth-order valence-corrected chi connectivity index (χ4v) is 2.67. The molecule has 2 amide bonds. The fourth-order valence-electron chi connectivity index (χ4n) is 2.26. The number of hydrogen-bond donors (Lipinski definition) is 2. The van der Waals surface area contributed by atoms with Gasteiger partial charge in [-0.2, -0.15) is 0 Å². The molecule has 21 heavy (non-hydrogen) atoms. The van der Waals surface area contributed by atoms with Gasteiger partial charge in [-0.1, -0.05) is 6.07 Å². The summed E-state index contributed by atoms with van der Waals surface area (Å²) in [6.07, 6.45) is 3.59. The standard InChI is InChI=1S/C15H15BrN4O/c16-12-6-11(8-17-10-12)9-19-13-2-1-3-14(7-13)20-5-4-18-15(20)21/h1-3,6-8,10,19H,4-5,9H2,(H,18,21). The first-order valence-corrected chi connectivity index (χ1v) is 7.50. The van der Waals surface area contributed by atoms with Crippen molar-refractivity contribution in [3.05, 3.63) is 52.8 Å². The van der Waals surface area contributed by atoms with Gasteiger partial charge in [0.05, 0.1) is 0 Å². The van der Waals surface area contributed by atoms with Crippen LogP contribution >= 0.6 is 15.9 Å². The number of pyridine rings is 1. The Morgan fingerprint density at radius 2 is 2.24 bits per heavy atom. The van der Waals surface area contributed by atoms with Crippen molar-refractivity contribution in [2.45, 2.75) is 6.54 Å². The van der Waals surface area contributed by atoms with Crippen LogP contribution in [0.2, 0.25) is 0 Å². The molecule has 3 rings (SSSR count). The summed E-state index contributed by atoms with van der Waals surface area (Å²) in [5, 5.41) is 6.15. The van der Waals surface area contributed by atoms with Crippen LogP contribution in [0.4, 0.5) is 16.2 Å². The molecule has 0 spiro atoms. The zero-order chi connectivity index (χ0) is 14.7. The van der Waals surface area contributed by atoms with Crippen LogP contribution in [0.3, 0.4) is 0 Å². The van der Waals surface area contributed by atoms with Gasteiger partial charge >= 0.3 is 6.03 Å². The van der Waals surface area contributed by atoms with E-state index in [4.69, 9.17) is 0 Å². The average Bonchev–Trinajstić information content (AvgIpc) is 2.92. The molecule has 1 aliphatic rings. The van der Waals surface area contributed by atoms with Gasteiger partial charge < -0.3 is 10.6 Å². The zero-order valence-corrected chi connectivity index (χ0v) is 12.9. The second-order valence-corrected chi connectivity index (χ2v) is 5.71. The summed E-state index contributed by atoms with van der Waals surface area (Å²) < 4.78 is 0.962. The lowest BCUT2D eigenvalue weighted by atomic mass is 10.2. The Bertz CT molecular complexity index is 662. The summed E-state index contributed by atoms with van der Waals surface area (Å²) in [7, 11) is 0. The molecule has 0 bridgehead atoms. The monoisotopic (exact) mass is 346 g/mol. The number of nitrogens with one attached hydrogen (secondary N) is 2. The number of urea groups is 1. The minimum absolute atomic E-state index is 0.0386. The lowest BCUT2D eigenvalue weighted by Crippen LogP contribution is -2.27. The van der Waals surface area contributed by atoms with Crippen molar-refractivity contribution in [3.63, 3.8) is 0 Å². The highest BCUT2D eigenvalue weighted by atomic mass is 79.9. The van der Waals surface area contributed by atoms with Crippen LogP contribution in [-0.2, 0) is 6.54 Å². The molecule has 0 unspecified atom stereocenters. The molecule has 0 aliphatic carbocycles. The predicted molar refractivity (Wildman–Crippen MR) is 86.5 cm³/mol. The predicted octanol–water partition coefficient (Wildman–Crippen LogP) is 2.99. The van der Waals surface area contributed by atoms with E-state index in [0.717, 1.165) is 21.4 Å². The van der Waals surface area contributed by atoms with Crippen molar-refractivity contribution in [1.29, 1.82) is 0 Å². The topological polar surface area (TPSA) is 57.3 Å². The van der Waals surface area contributed by atoms with Crippen molar-refractivity contribution in [3.8, 4) is 0 Å². The van der Waals surface area contributed by atoms with Gasteiger partial charge in [-0.05, 0) is 45.8 Å². The molecule has 1 aliphatic heterocycles. The molecule has 1 aromatic carbocycles. The van der Waals surface area contributed by atoms with Crippen molar-refractivity contribution >= 4 is 33.3 Å². The van der Waals surface area contributed by atoms with Crippen LogP contribution in [-0.4, -0.2) is 24.1 Å². The fraction of sp³-hybridized carbons (Fsp3) is 0.200. The third-order valence-electron chi connectivity index (χ3n) is 3.27. The van der Waals surface area contributed by atoms with Crippen LogP contribution in [0.15, 0.2) is 47.2 Å². The van der Waals surface area contributed by atoms with E-state index in [1.54, 1.807) is 11.1 Å². The molecule has 2 N–H and O–H groups in total. The van der Waals surface area contributed by atoms with E-state index in [1.807, 2.05) is 36.5 Å². The number of carbonyl (C=O) groups excluding carboxylic acids is 1. The molecule has 0 saturated carbocycles. The number of benzene rings is 1. The molecule has 6 heteroatoms. The normalized spacial score (nSPS) is 14.1. The van der Waals surface area contributed by atoms with E-state index >= 15 is 0 Å². The highest BCUT2D eigenvalue weighted by Crippen LogP contribution is 2.21. The Kier molecular flexibility index (Phi) is 4.06. The van der Waals surface area contributed by atoms with E-state index in [-0.39, 0.29) is 6.03 Å². The summed E-state index contributed by atoms with van der Waals surface area (Å²) in [6.45, 7) is 2.08. The summed E-state index contributed by atoms with van der Waals surface area (Å²) in [4.78, 5) is 17.6. The number of hydrogen-bond acceptors (Lipinski definition) is 3. The van der Waals surface area contributed by atoms with Crippen LogP contribution in [0, 0.1) is 0 Å². The second kappa shape index (κ2) is 6.13. The van der Waals surface area contributed by atoms with Gasteiger partial charge in [-0.15, -0.1) is 0 Å². The van der Waals surface area contributed by atoms with Gasteiger partial charge in [0.25, 0.3) is 0 Å². The van der Waals surface area contributed by atoms with E-state index in [2.05, 4.69) is 31.5 Å². The van der Waals surface area contributed by atoms with E-state index in [9.17, 15) is 4.79 Å². The Morgan fingerprint density at radius 3 is 3.00 bits per heavy atom. The molecule has 0 atom stereocenters. The van der Waals surface area contributed by atoms with Crippen molar-refractivity contribution in [1.82, 2.24) is 10.3 Å². The number of rotatable bonds is 4. The maximum Gasteiger partial charge on any atom is 0.321 e. The quantitative estimate of drug-likeness (QED) is 0.894. The number of aromatic nitrogens is 1. The third kappa shape index (κ3) is 3.33. The minimum atomic E-state index is -0.0386. The minimum Gasteiger partial charge on any atom is -0.381 e. The lowest BCUT2D eigenvalue weighted by molar-refractivity contribution is 0.252. The summed E-state index contributed by atoms with van der Waals surface area (Å²) >= 11 is 3.41. The van der Waals surface area contributed by atoms with Crippen molar-refractivity contribution in [2.24, 2.45) is 0 Å². The van der Waals surface area contributed by atoms with Gasteiger partial charge in [0.2, 0.25) is 0 Å². The summed E-state index contributed by atoms with van der Waals surface area (Å²) in [5.41, 5.74) is 2.98. The number of halogens is 1. The maximum absolute atomic E-state index is 11.7. The van der Waals surface area contributed by atoms with Gasteiger partial charge in [0.1, 0.15) is 0 Å². The largest absolute Gasteiger partial charge is 0.381 e. The van der Waals surface area contributed by atoms with E-state index < -0.39 is 0 Å². The van der Waals surface area contributed by atoms with Crippen LogP contribution < -0.4 is 15.5 Å². The van der Waals surface area contributed by atoms with Gasteiger partial charge in [-0.3, -0.25) is 9.88 Å². The molecule has 108 valence electrons. The van der Waals surface area contributed by atoms with Gasteiger partial charge in [-0.25, -0.2) is 4.79 Å². The molecule has 5 nitrogen and oxygen atoms in total. The Labute approximate surface area is 131 Å². The first kappa shape index (κ1) is 13.9. The molecule has 1 aromatic heterocycles. The number of nitrogens with zero attached hydrogens (tertiary/aromatic N) is 2. The Hall–Kier alpha value is -2.08. The number of anilines is 2. The van der Waals surface area contributed by atoms with Crippen LogP contribution in [0.5, 0.6) is 0 Å². The van der Waals surface area contributed by atoms with E-state index in [1.165, 1.54) is 0 Å². The second-order valence-electron chi connectivity index (χ2n) is 4.80. The third-order valence-corrected chi connectivity index (χ3v) is 3.71. The first-order chi connectivity index (χ1) is 10.2. The molecular formula is C15H15BrN4O. The summed E-state index contributed by atoms with van der Waals surface area (Å²) in [5.74, 6) is 0. The highest BCUT2D eigenvalue weighted by Gasteiger charge is 2.20. The van der Waals surface area contributed by atoms with Gasteiger partial charge in [0, 0.05) is 47.9 Å². The molecular weight excluding hydrogens is 332 g/mol. The van der Waals surface area contributed by atoms with Crippen LogP contribution in [0.1, 0.15) is 5.56 Å². The molecule has 2 heterocycles. The molecule has 1 saturated heterocycles. The van der Waals surface area contributed by atoms with Crippen molar-refractivity contribution in [2.75, 3.05) is 23.3 Å². The molecule has 2 aromatic rings. The molecule has 1 fully saturated rings. The smallest absolute Gasteiger partial charge is 0.321 e. The Morgan fingerprint density at radius 1 is 1.33 bits per heavy atom. The highest BCUT2D eigenvalue weighted by molar-refractivity contribution is 9.10. The first-order valence-electron chi connectivity index (χ1n) is 6.71. The lowest BCUT2D eigenvalue weighted by Gasteiger charge is -2.16. The van der Waals surface area contributed by atoms with Crippen LogP contribution in [0.25, 0.3) is 0 Å². The molecule has 0 radical (unpaired) electrons. The number of carbonyl (C=O) groups is 1. The Balaban J connectivity index is 1.70.